The lowest BCUT2D eigenvalue weighted by atomic mass is 10.1. The summed E-state index contributed by atoms with van der Waals surface area (Å²) in [5.74, 6) is 0.378. The summed E-state index contributed by atoms with van der Waals surface area (Å²) in [6.07, 6.45) is 3.69. The van der Waals surface area contributed by atoms with Crippen molar-refractivity contribution in [1.29, 1.82) is 0 Å². The third-order valence-corrected chi connectivity index (χ3v) is 6.68. The fourth-order valence-corrected chi connectivity index (χ4v) is 4.46. The number of carbonyl (C=O) groups is 2. The smallest absolute Gasteiger partial charge is 0.326 e. The molecular formula is C31H29BrN2O5. The number of aromatic nitrogens is 1. The van der Waals surface area contributed by atoms with Crippen molar-refractivity contribution < 1.29 is 23.8 Å². The van der Waals surface area contributed by atoms with Gasteiger partial charge >= 0.3 is 5.97 Å². The number of carboxylic acids is 1. The lowest BCUT2D eigenvalue weighted by molar-refractivity contribution is -0.141. The average molecular weight is 589 g/mol. The Morgan fingerprint density at radius 3 is 2.51 bits per heavy atom. The standard InChI is InChI=1S/C31H29BrN2O5/c1-20-8-10-22(11-9-20)13-15-29(35)33-27(31(36)37)19-23-12-14-28(25(32)18-23)38-17-16-26-21(2)39-30(34-26)24-6-4-3-5-7-24/h3-15,18,27H,16-17,19H2,1-2H3,(H,33,35)(H,36,37)/t27-/m0/s1. The fraction of sp³-hybridized carbons (Fsp3) is 0.194. The molecule has 1 amide bonds. The predicted octanol–water partition coefficient (Wildman–Crippen LogP) is 6.17. The molecule has 39 heavy (non-hydrogen) atoms. The summed E-state index contributed by atoms with van der Waals surface area (Å²) in [5, 5.41) is 12.2. The van der Waals surface area contributed by atoms with Crippen LogP contribution in [0.2, 0.25) is 0 Å². The van der Waals surface area contributed by atoms with E-state index in [1.807, 2.05) is 68.4 Å². The number of ether oxygens (including phenoxy) is 1. The molecule has 0 spiro atoms. The fourth-order valence-electron chi connectivity index (χ4n) is 3.92. The van der Waals surface area contributed by atoms with Crippen LogP contribution in [0.25, 0.3) is 17.5 Å². The second-order valence-corrected chi connectivity index (χ2v) is 9.95. The maximum absolute atomic E-state index is 12.3. The van der Waals surface area contributed by atoms with Gasteiger partial charge in [0.05, 0.1) is 16.8 Å². The maximum Gasteiger partial charge on any atom is 0.326 e. The third kappa shape index (κ3) is 7.91. The van der Waals surface area contributed by atoms with Crippen molar-refractivity contribution in [2.75, 3.05) is 6.61 Å². The highest BCUT2D eigenvalue weighted by atomic mass is 79.9. The molecule has 0 saturated heterocycles. The van der Waals surface area contributed by atoms with Crippen LogP contribution < -0.4 is 10.1 Å². The Hall–Kier alpha value is -4.17. The molecule has 0 aliphatic rings. The third-order valence-electron chi connectivity index (χ3n) is 6.07. The Morgan fingerprint density at radius 1 is 1.08 bits per heavy atom. The molecule has 8 heteroatoms. The molecule has 1 atom stereocenters. The van der Waals surface area contributed by atoms with Gasteiger partial charge in [-0.05, 0) is 71.2 Å². The molecule has 4 rings (SSSR count). The van der Waals surface area contributed by atoms with Crippen LogP contribution in [0.1, 0.15) is 28.1 Å². The minimum Gasteiger partial charge on any atom is -0.492 e. The molecule has 0 bridgehead atoms. The number of aliphatic carboxylic acids is 1. The van der Waals surface area contributed by atoms with E-state index in [0.29, 0.717) is 29.1 Å². The molecule has 0 aliphatic heterocycles. The predicted molar refractivity (Wildman–Crippen MR) is 154 cm³/mol. The van der Waals surface area contributed by atoms with Crippen LogP contribution in [0.15, 0.2) is 87.8 Å². The number of nitrogens with zero attached hydrogens (tertiary/aromatic N) is 1. The first-order valence-corrected chi connectivity index (χ1v) is 13.3. The van der Waals surface area contributed by atoms with Crippen molar-refractivity contribution >= 4 is 33.9 Å². The van der Waals surface area contributed by atoms with Gasteiger partial charge < -0.3 is 19.6 Å². The van der Waals surface area contributed by atoms with Gasteiger partial charge in [0.1, 0.15) is 17.6 Å². The highest BCUT2D eigenvalue weighted by Gasteiger charge is 2.20. The zero-order valence-electron chi connectivity index (χ0n) is 21.7. The topological polar surface area (TPSA) is 102 Å². The molecule has 0 radical (unpaired) electrons. The molecular weight excluding hydrogens is 560 g/mol. The van der Waals surface area contributed by atoms with Crippen molar-refractivity contribution in [2.45, 2.75) is 32.7 Å². The van der Waals surface area contributed by atoms with Crippen LogP contribution in [-0.4, -0.2) is 34.6 Å². The van der Waals surface area contributed by atoms with Gasteiger partial charge in [0.2, 0.25) is 11.8 Å². The number of carboxylic acid groups (broad SMARTS) is 1. The van der Waals surface area contributed by atoms with Gasteiger partial charge in [-0.1, -0.05) is 54.1 Å². The van der Waals surface area contributed by atoms with Gasteiger partial charge in [-0.25, -0.2) is 9.78 Å². The number of oxazole rings is 1. The van der Waals surface area contributed by atoms with Crippen LogP contribution in [0.5, 0.6) is 5.75 Å². The number of carbonyl (C=O) groups excluding carboxylic acids is 1. The minimum atomic E-state index is -1.11. The molecule has 1 aromatic heterocycles. The van der Waals surface area contributed by atoms with Gasteiger partial charge in [-0.3, -0.25) is 4.79 Å². The molecule has 0 fully saturated rings. The van der Waals surface area contributed by atoms with Gasteiger partial charge in [0, 0.05) is 24.5 Å². The Bertz CT molecular complexity index is 1460. The molecule has 4 aromatic rings. The van der Waals surface area contributed by atoms with E-state index in [1.165, 1.54) is 6.08 Å². The van der Waals surface area contributed by atoms with E-state index in [2.05, 4.69) is 26.2 Å². The number of nitrogens with one attached hydrogen (secondary N) is 1. The van der Waals surface area contributed by atoms with Gasteiger partial charge in [-0.15, -0.1) is 0 Å². The Kier molecular flexibility index (Phi) is 9.33. The summed E-state index contributed by atoms with van der Waals surface area (Å²) in [5.41, 5.74) is 4.47. The number of halogens is 1. The van der Waals surface area contributed by atoms with Gasteiger partial charge in [0.25, 0.3) is 0 Å². The summed E-state index contributed by atoms with van der Waals surface area (Å²) < 4.78 is 12.4. The molecule has 2 N–H and O–H groups in total. The largest absolute Gasteiger partial charge is 0.492 e. The molecule has 0 saturated carbocycles. The van der Waals surface area contributed by atoms with Crippen LogP contribution in [0.4, 0.5) is 0 Å². The molecule has 200 valence electrons. The number of hydrogen-bond donors (Lipinski definition) is 2. The van der Waals surface area contributed by atoms with Crippen molar-refractivity contribution in [3.63, 3.8) is 0 Å². The van der Waals surface area contributed by atoms with E-state index >= 15 is 0 Å². The van der Waals surface area contributed by atoms with Crippen LogP contribution in [0.3, 0.4) is 0 Å². The Labute approximate surface area is 235 Å². The van der Waals surface area contributed by atoms with E-state index in [1.54, 1.807) is 24.3 Å². The first-order chi connectivity index (χ1) is 18.8. The second kappa shape index (κ2) is 13.1. The molecule has 0 aliphatic carbocycles. The Balaban J connectivity index is 1.32. The zero-order valence-corrected chi connectivity index (χ0v) is 23.3. The van der Waals surface area contributed by atoms with Crippen molar-refractivity contribution in [1.82, 2.24) is 10.3 Å². The molecule has 1 heterocycles. The molecule has 7 nitrogen and oxygen atoms in total. The lowest BCUT2D eigenvalue weighted by Gasteiger charge is -2.15. The summed E-state index contributed by atoms with van der Waals surface area (Å²) in [4.78, 5) is 28.8. The first kappa shape index (κ1) is 27.9. The van der Waals surface area contributed by atoms with E-state index in [0.717, 1.165) is 33.7 Å². The minimum absolute atomic E-state index is 0.124. The first-order valence-electron chi connectivity index (χ1n) is 12.5. The average Bonchev–Trinajstić information content (AvgIpc) is 3.30. The van der Waals surface area contributed by atoms with E-state index in [-0.39, 0.29) is 6.42 Å². The van der Waals surface area contributed by atoms with Crippen LogP contribution in [0, 0.1) is 13.8 Å². The summed E-state index contributed by atoms with van der Waals surface area (Å²) in [6, 6.07) is 21.7. The highest BCUT2D eigenvalue weighted by molar-refractivity contribution is 9.10. The van der Waals surface area contributed by atoms with Crippen LogP contribution >= 0.6 is 15.9 Å². The van der Waals surface area contributed by atoms with E-state index in [4.69, 9.17) is 9.15 Å². The monoisotopic (exact) mass is 588 g/mol. The quantitative estimate of drug-likeness (QED) is 0.203. The van der Waals surface area contributed by atoms with Crippen LogP contribution in [-0.2, 0) is 22.4 Å². The lowest BCUT2D eigenvalue weighted by Crippen LogP contribution is -2.41. The SMILES string of the molecule is Cc1ccc(C=CC(=O)N[C@@H](Cc2ccc(OCCc3nc(-c4ccccc4)oc3C)c(Br)c2)C(=O)O)cc1. The molecule has 3 aromatic carbocycles. The Morgan fingerprint density at radius 2 is 1.82 bits per heavy atom. The summed E-state index contributed by atoms with van der Waals surface area (Å²) in [6.45, 7) is 4.26. The number of aryl methyl sites for hydroxylation is 2. The van der Waals surface area contributed by atoms with E-state index in [9.17, 15) is 14.7 Å². The highest BCUT2D eigenvalue weighted by Crippen LogP contribution is 2.27. The summed E-state index contributed by atoms with van der Waals surface area (Å²) >= 11 is 3.51. The number of hydrogen-bond acceptors (Lipinski definition) is 5. The van der Waals surface area contributed by atoms with E-state index < -0.39 is 17.9 Å². The van der Waals surface area contributed by atoms with Gasteiger partial charge in [0.15, 0.2) is 0 Å². The van der Waals surface area contributed by atoms with Crippen molar-refractivity contribution in [2.24, 2.45) is 0 Å². The molecule has 0 unspecified atom stereocenters. The normalized spacial score (nSPS) is 11.9. The van der Waals surface area contributed by atoms with Crippen molar-refractivity contribution in [3.05, 3.63) is 111 Å². The maximum atomic E-state index is 12.3. The number of benzene rings is 3. The second-order valence-electron chi connectivity index (χ2n) is 9.10. The van der Waals surface area contributed by atoms with Gasteiger partial charge in [-0.2, -0.15) is 0 Å². The number of amides is 1. The number of rotatable bonds is 11. The summed E-state index contributed by atoms with van der Waals surface area (Å²) in [7, 11) is 0. The van der Waals surface area contributed by atoms with Crippen molar-refractivity contribution in [3.8, 4) is 17.2 Å². The zero-order chi connectivity index (χ0) is 27.8.